The summed E-state index contributed by atoms with van der Waals surface area (Å²) in [5.41, 5.74) is -15.7. The fourth-order valence-corrected chi connectivity index (χ4v) is 22.8. The van der Waals surface area contributed by atoms with E-state index in [0.29, 0.717) is 36.6 Å². The molecule has 8 heterocycles. The third kappa shape index (κ3) is 30.3. The van der Waals surface area contributed by atoms with Crippen LogP contribution in [0.25, 0.3) is 0 Å². The summed E-state index contributed by atoms with van der Waals surface area (Å²) >= 11 is 0. The molecule has 4 aliphatic rings. The number of ether oxygens (including phenoxy) is 4. The Balaban J connectivity index is 0.000000307. The number of phosphoric acid groups is 12. The van der Waals surface area contributed by atoms with Crippen LogP contribution in [0, 0.1) is 0 Å². The summed E-state index contributed by atoms with van der Waals surface area (Å²) in [4.78, 5) is 242. The Hall–Kier alpha value is -5.39. The highest BCUT2D eigenvalue weighted by Crippen LogP contribution is 2.71. The number of H-pyrrole nitrogens is 4. The molecule has 24 atom stereocenters. The van der Waals surface area contributed by atoms with Crippen molar-refractivity contribution < 1.29 is 262 Å². The van der Waals surface area contributed by atoms with Crippen LogP contribution in [0.3, 0.4) is 0 Å². The lowest BCUT2D eigenvalue weighted by molar-refractivity contribution is -0.205. The average molecular weight is 2140 g/mol. The first-order valence-electron chi connectivity index (χ1n) is 32.5. The number of aliphatic hydroxyl groups excluding tert-OH is 4. The Kier molecular flexibility index (Phi) is 36.4. The summed E-state index contributed by atoms with van der Waals surface area (Å²) < 4.78 is 276. The quantitative estimate of drug-likeness (QED) is 0.0115. The molecule has 27 N–H and O–H groups in total. The van der Waals surface area contributed by atoms with Crippen molar-refractivity contribution >= 4 is 93.9 Å². The summed E-state index contributed by atoms with van der Waals surface area (Å²) in [7, 11) is -69.7. The maximum atomic E-state index is 15.5. The molecule has 0 amide bonds. The first-order chi connectivity index (χ1) is 58.4. The molecule has 0 spiro atoms. The summed E-state index contributed by atoms with van der Waals surface area (Å²) in [6.45, 7) is 1.45. The molecule has 4 aromatic heterocycles. The highest BCUT2D eigenvalue weighted by Gasteiger charge is 2.70. The molecule has 4 aromatic rings. The molecular formula is C46H67F5N8O59P12. The Morgan fingerprint density at radius 3 is 0.800 bits per heavy atom. The van der Waals surface area contributed by atoms with Crippen LogP contribution < -0.4 is 45.0 Å². The van der Waals surface area contributed by atoms with Gasteiger partial charge < -0.3 is 133 Å². The standard InChI is InChI=1S/C12H15F2N2O14P3.C12H16FN2O15P3.2C11H18FN2O15P3/c1-2-4-11(13)8(18)12(14,28-9(11)16-5-3-7(17)15-10(16)19)6-27-32(23,24)30-33(25,26)29-31(20,21)22;1-2-4-11(19)8(17)12(13,28-9(11)15-5-3-7(16)14-10(15)18)6-27-32(23,24)30-33(25,26)29-31(20,21)22;2*1-2-10(18)7(16)11(12,27-8(10)14-4-3-6(15)13-9(14)17)5-26-31(22,23)29-32(24,25)28-30(19,20)21/h3-5,8-9,18H,1,6H2,(H,23,24)(H,25,26)(H,15,17,19)(H2,20,21,22);3-5,8-9,17,19H,1,6H2,(H,23,24)(H,25,26)(H,14,16,18)(H2,20,21,22);2*3-4,7-8,16,18H,2,5H2,1H3,(H,22,23)(H,24,25)(H,13,15,17)(H2,19,20,21)/t2*8-,9+,11+,12+;2*7-,8+,10+,11+/m0000/s1. The van der Waals surface area contributed by atoms with Gasteiger partial charge in [-0.1, -0.05) is 27.0 Å². The molecule has 4 saturated heterocycles. The number of aromatic nitrogens is 8. The van der Waals surface area contributed by atoms with Gasteiger partial charge in [0.2, 0.25) is 5.67 Å². The van der Waals surface area contributed by atoms with E-state index >= 15 is 22.0 Å². The summed E-state index contributed by atoms with van der Waals surface area (Å²) in [6.07, 6.45) is -16.1. The minimum atomic E-state index is -5.95. The van der Waals surface area contributed by atoms with Crippen molar-refractivity contribution in [3.05, 3.63) is 169 Å². The first kappa shape index (κ1) is 115. The highest BCUT2D eigenvalue weighted by atomic mass is 31.3. The lowest BCUT2D eigenvalue weighted by atomic mass is 9.90. The Labute approximate surface area is 709 Å². The number of hydrogen-bond donors (Lipinski definition) is 27. The SMILES string of the molecule is C=C=C[C@]1(F)[C@H](n2ccc(=O)[nH]c2=O)O[C@](F)(COP(=O)(O)OP(=O)(O)OP(=O)(O)O)[C@H]1O.C=C=C[C@]1(O)[C@H](n2ccc(=O)[nH]c2=O)O[C@](F)(COP(=O)(O)OP(=O)(O)OP(=O)(O)O)[C@H]1O.CC[C@]1(O)[C@H](n2ccc(=O)[nH]c2=O)O[C@](F)(COP(=O)(O)OP(=O)(O)OP(=O)(O)O)[C@H]1O.CC[C@]1(O)[C@H](n2ccc(=O)[nH]c2=O)O[C@](F)(COP(=O)(O)OP(=O)(O)OP(=O)(O)O)[C@H]1O. The van der Waals surface area contributed by atoms with Crippen LogP contribution in [0.15, 0.2) is 124 Å². The molecule has 0 radical (unpaired) electrons. The van der Waals surface area contributed by atoms with Crippen molar-refractivity contribution in [1.29, 1.82) is 0 Å². The molecule has 130 heavy (non-hydrogen) atoms. The van der Waals surface area contributed by atoms with Crippen LogP contribution in [0.4, 0.5) is 22.0 Å². The molecule has 740 valence electrons. The highest BCUT2D eigenvalue weighted by molar-refractivity contribution is 7.68. The van der Waals surface area contributed by atoms with Gasteiger partial charge in [0, 0.05) is 55.1 Å². The number of alkyl halides is 5. The Bertz CT molecular complexity index is 5760. The van der Waals surface area contributed by atoms with Crippen molar-refractivity contribution in [2.24, 2.45) is 0 Å². The monoisotopic (exact) mass is 2140 g/mol. The van der Waals surface area contributed by atoms with Crippen molar-refractivity contribution in [2.75, 3.05) is 26.4 Å². The number of nitrogens with zero attached hydrogens (tertiary/aromatic N) is 4. The minimum absolute atomic E-state index is 0.310. The molecule has 84 heteroatoms. The van der Waals surface area contributed by atoms with Gasteiger partial charge in [-0.3, -0.25) is 75.5 Å². The molecular weight excluding hydrogens is 2080 g/mol. The normalized spacial score (nSPS) is 31.9. The molecule has 0 aromatic carbocycles. The second kappa shape index (κ2) is 41.1. The summed E-state index contributed by atoms with van der Waals surface area (Å²) in [5, 5.41) is 73.1. The largest absolute Gasteiger partial charge is 0.490 e. The number of aromatic amines is 4. The second-order valence-electron chi connectivity index (χ2n) is 25.3. The fraction of sp³-hybridized carbons (Fsp3) is 0.522. The van der Waals surface area contributed by atoms with Crippen molar-refractivity contribution in [2.45, 2.75) is 122 Å². The van der Waals surface area contributed by atoms with Gasteiger partial charge in [0.15, 0.2) is 42.7 Å². The van der Waals surface area contributed by atoms with Crippen molar-refractivity contribution in [1.82, 2.24) is 38.2 Å². The topological polar surface area (TPSA) is 1040 Å². The van der Waals surface area contributed by atoms with E-state index in [1.807, 2.05) is 11.5 Å². The van der Waals surface area contributed by atoms with Crippen LogP contribution in [0.1, 0.15) is 51.6 Å². The van der Waals surface area contributed by atoms with E-state index in [2.05, 4.69) is 65.7 Å². The molecule has 0 aliphatic carbocycles. The predicted octanol–water partition coefficient (Wildman–Crippen LogP) is -4.85. The zero-order chi connectivity index (χ0) is 100. The van der Waals surface area contributed by atoms with Gasteiger partial charge in [0.1, 0.15) is 49.8 Å². The molecule has 0 saturated carbocycles. The van der Waals surface area contributed by atoms with Crippen molar-refractivity contribution in [3.63, 3.8) is 0 Å². The molecule has 8 rings (SSSR count). The van der Waals surface area contributed by atoms with E-state index in [1.54, 1.807) is 19.9 Å². The van der Waals surface area contributed by atoms with Crippen LogP contribution in [0.5, 0.6) is 0 Å². The third-order valence-electron chi connectivity index (χ3n) is 15.9. The number of phosphoric ester groups is 4. The van der Waals surface area contributed by atoms with Gasteiger partial charge in [0.25, 0.3) is 45.7 Å². The zero-order valence-electron chi connectivity index (χ0n) is 63.1. The van der Waals surface area contributed by atoms with Crippen LogP contribution in [-0.4, -0.2) is 249 Å². The Morgan fingerprint density at radius 2 is 0.569 bits per heavy atom. The zero-order valence-corrected chi connectivity index (χ0v) is 73.8. The van der Waals surface area contributed by atoms with E-state index in [-0.39, 0.29) is 0 Å². The second-order valence-corrected chi connectivity index (χ2v) is 42.9. The molecule has 67 nitrogen and oxygen atoms in total. The van der Waals surface area contributed by atoms with E-state index < -0.39 is 273 Å². The number of hydrogen-bond acceptors (Lipinski definition) is 43. The van der Waals surface area contributed by atoms with Gasteiger partial charge in [-0.15, -0.1) is 11.5 Å². The molecule has 4 aliphatic heterocycles. The van der Waals surface area contributed by atoms with Gasteiger partial charge in [0.05, 0.1) is 0 Å². The number of aliphatic hydroxyl groups is 7. The summed E-state index contributed by atoms with van der Waals surface area (Å²) in [5.74, 6) is -14.5. The average Bonchev–Trinajstić information content (AvgIpc) is 1.58. The van der Waals surface area contributed by atoms with Crippen LogP contribution >= 0.6 is 93.9 Å². The lowest BCUT2D eigenvalue weighted by Gasteiger charge is -2.30. The van der Waals surface area contributed by atoms with Crippen molar-refractivity contribution in [3.8, 4) is 0 Å². The van der Waals surface area contributed by atoms with E-state index in [4.69, 9.17) is 77.7 Å². The smallest absolute Gasteiger partial charge is 0.384 e. The van der Waals surface area contributed by atoms with E-state index in [9.17, 15) is 148 Å². The third-order valence-corrected chi connectivity index (χ3v) is 31.0. The number of rotatable bonds is 36. The molecule has 0 bridgehead atoms. The van der Waals surface area contributed by atoms with Gasteiger partial charge in [-0.25, -0.2) is 95.9 Å². The van der Waals surface area contributed by atoms with E-state index in [0.717, 1.165) is 42.9 Å². The van der Waals surface area contributed by atoms with Crippen LogP contribution in [-0.2, 0) is 126 Å². The van der Waals surface area contributed by atoms with Crippen LogP contribution in [0.2, 0.25) is 0 Å². The maximum Gasteiger partial charge on any atom is 0.490 e. The molecule has 4 fully saturated rings. The number of nitrogens with one attached hydrogen (secondary N) is 4. The maximum absolute atomic E-state index is 15.5. The van der Waals surface area contributed by atoms with Gasteiger partial charge >= 0.3 is 117 Å². The summed E-state index contributed by atoms with van der Waals surface area (Å²) in [6, 6.07) is 3.13. The molecule has 8 unspecified atom stereocenters. The first-order valence-corrected chi connectivity index (χ1v) is 50.6. The predicted molar refractivity (Wildman–Crippen MR) is 391 cm³/mol. The Morgan fingerprint density at radius 1 is 0.354 bits per heavy atom. The van der Waals surface area contributed by atoms with E-state index in [1.165, 1.54) is 13.8 Å². The number of halogens is 5. The van der Waals surface area contributed by atoms with Gasteiger partial charge in [-0.2, -0.15) is 34.5 Å². The fourth-order valence-electron chi connectivity index (χ4n) is 10.6. The lowest BCUT2D eigenvalue weighted by Crippen LogP contribution is -2.51. The van der Waals surface area contributed by atoms with Gasteiger partial charge in [-0.05, 0) is 18.9 Å². The minimum Gasteiger partial charge on any atom is -0.384 e.